The van der Waals surface area contributed by atoms with Crippen LogP contribution >= 0.6 is 0 Å². The summed E-state index contributed by atoms with van der Waals surface area (Å²) in [4.78, 5) is 24.4. The van der Waals surface area contributed by atoms with Gasteiger partial charge in [0.05, 0.1) is 6.20 Å². The summed E-state index contributed by atoms with van der Waals surface area (Å²) in [5.74, 6) is 0.491. The van der Waals surface area contributed by atoms with Gasteiger partial charge in [-0.3, -0.25) is 4.79 Å². The van der Waals surface area contributed by atoms with Crippen LogP contribution in [0.4, 0.5) is 5.95 Å². The number of rotatable bonds is 0. The van der Waals surface area contributed by atoms with E-state index in [1.54, 1.807) is 6.07 Å². The second-order valence-electron chi connectivity index (χ2n) is 4.40. The fourth-order valence-corrected chi connectivity index (χ4v) is 2.24. The van der Waals surface area contributed by atoms with Crippen molar-refractivity contribution < 1.29 is 4.42 Å². The number of nitrogens with two attached hydrogens (primary N) is 1. The highest BCUT2D eigenvalue weighted by Crippen LogP contribution is 2.29. The van der Waals surface area contributed by atoms with Crippen molar-refractivity contribution in [2.75, 3.05) is 5.73 Å². The zero-order chi connectivity index (χ0) is 13.7. The molecule has 2 aromatic rings. The molecule has 20 heavy (non-hydrogen) atoms. The number of nitrogen functional groups attached to an aromatic ring is 1. The van der Waals surface area contributed by atoms with Crippen LogP contribution in [0.5, 0.6) is 0 Å². The van der Waals surface area contributed by atoms with Gasteiger partial charge in [0, 0.05) is 16.8 Å². The summed E-state index contributed by atoms with van der Waals surface area (Å²) in [6, 6.07) is 8.70. The second kappa shape index (κ2) is 3.74. The van der Waals surface area contributed by atoms with Crippen LogP contribution in [-0.4, -0.2) is 15.0 Å². The minimum absolute atomic E-state index is 0.102. The van der Waals surface area contributed by atoms with Gasteiger partial charge in [-0.2, -0.15) is 4.98 Å². The molecule has 6 nitrogen and oxygen atoms in total. The van der Waals surface area contributed by atoms with Gasteiger partial charge in [0.2, 0.25) is 11.7 Å². The number of anilines is 1. The van der Waals surface area contributed by atoms with Crippen LogP contribution in [-0.2, 0) is 0 Å². The van der Waals surface area contributed by atoms with E-state index in [-0.39, 0.29) is 17.1 Å². The first-order valence-electron chi connectivity index (χ1n) is 5.97. The molecule has 0 radical (unpaired) electrons. The summed E-state index contributed by atoms with van der Waals surface area (Å²) in [7, 11) is 0. The van der Waals surface area contributed by atoms with Gasteiger partial charge >= 0.3 is 0 Å². The maximum Gasteiger partial charge on any atom is 0.250 e. The van der Waals surface area contributed by atoms with Gasteiger partial charge in [-0.1, -0.05) is 24.3 Å². The van der Waals surface area contributed by atoms with Crippen LogP contribution in [0.2, 0.25) is 0 Å². The Bertz CT molecular complexity index is 993. The highest BCUT2D eigenvalue weighted by molar-refractivity contribution is 5.96. The predicted molar refractivity (Wildman–Crippen MR) is 74.4 cm³/mol. The summed E-state index contributed by atoms with van der Waals surface area (Å²) >= 11 is 0. The lowest BCUT2D eigenvalue weighted by Crippen LogP contribution is -2.04. The molecule has 2 heterocycles. The van der Waals surface area contributed by atoms with E-state index in [4.69, 9.17) is 10.2 Å². The highest BCUT2D eigenvalue weighted by atomic mass is 16.3. The average Bonchev–Trinajstić information content (AvgIpc) is 2.46. The summed E-state index contributed by atoms with van der Waals surface area (Å²) in [5.41, 5.74) is 6.78. The predicted octanol–water partition coefficient (Wildman–Crippen LogP) is 1.82. The van der Waals surface area contributed by atoms with E-state index in [1.165, 1.54) is 12.3 Å². The Morgan fingerprint density at radius 1 is 1.10 bits per heavy atom. The molecule has 2 N–H and O–H groups in total. The number of aromatic nitrogens is 3. The molecule has 0 amide bonds. The third-order valence-corrected chi connectivity index (χ3v) is 3.14. The molecule has 1 aromatic carbocycles. The monoisotopic (exact) mass is 264 g/mol. The lowest BCUT2D eigenvalue weighted by atomic mass is 10.1. The third-order valence-electron chi connectivity index (χ3n) is 3.14. The fraction of sp³-hybridized carbons (Fsp3) is 0. The number of nitrogens with zero attached hydrogens (tertiary/aromatic N) is 3. The Balaban J connectivity index is 2.25. The largest absolute Gasteiger partial charge is 0.434 e. The average molecular weight is 264 g/mol. The third kappa shape index (κ3) is 1.45. The lowest BCUT2D eigenvalue weighted by Gasteiger charge is -2.08. The van der Waals surface area contributed by atoms with E-state index in [1.807, 2.05) is 18.2 Å². The molecule has 0 atom stereocenters. The van der Waals surface area contributed by atoms with Crippen molar-refractivity contribution in [1.82, 2.24) is 15.0 Å². The molecule has 0 unspecified atom stereocenters. The van der Waals surface area contributed by atoms with Crippen molar-refractivity contribution in [3.8, 4) is 11.5 Å². The molecular formula is C14H8N4O2. The van der Waals surface area contributed by atoms with Crippen molar-refractivity contribution >= 4 is 28.0 Å². The van der Waals surface area contributed by atoms with E-state index in [0.717, 1.165) is 5.39 Å². The van der Waals surface area contributed by atoms with Crippen LogP contribution in [0.25, 0.3) is 33.5 Å². The minimum atomic E-state index is -0.111. The molecule has 2 aliphatic rings. The molecule has 0 saturated heterocycles. The van der Waals surface area contributed by atoms with E-state index in [2.05, 4.69) is 15.0 Å². The first kappa shape index (κ1) is 10.9. The van der Waals surface area contributed by atoms with Crippen LogP contribution in [0, 0.1) is 0 Å². The summed E-state index contributed by atoms with van der Waals surface area (Å²) < 4.78 is 5.62. The van der Waals surface area contributed by atoms with Gasteiger partial charge in [0.1, 0.15) is 11.2 Å². The second-order valence-corrected chi connectivity index (χ2v) is 4.40. The first-order valence-corrected chi connectivity index (χ1v) is 5.97. The Labute approximate surface area is 112 Å². The summed E-state index contributed by atoms with van der Waals surface area (Å²) in [6.45, 7) is 0. The molecule has 0 bridgehead atoms. The van der Waals surface area contributed by atoms with Crippen molar-refractivity contribution in [2.45, 2.75) is 0 Å². The quantitative estimate of drug-likeness (QED) is 0.384. The molecule has 0 fully saturated rings. The Morgan fingerprint density at radius 3 is 2.75 bits per heavy atom. The molecule has 0 spiro atoms. The summed E-state index contributed by atoms with van der Waals surface area (Å²) in [6.07, 6.45) is 1.50. The number of hydrogen-bond acceptors (Lipinski definition) is 6. The topological polar surface area (TPSA) is 94.9 Å². The Hall–Kier alpha value is -3.02. The van der Waals surface area contributed by atoms with Crippen LogP contribution in [0.3, 0.4) is 0 Å². The molecule has 1 aromatic heterocycles. The van der Waals surface area contributed by atoms with Crippen molar-refractivity contribution in [2.24, 2.45) is 0 Å². The van der Waals surface area contributed by atoms with Gasteiger partial charge in [-0.15, -0.1) is 0 Å². The number of hydrogen-bond donors (Lipinski definition) is 1. The van der Waals surface area contributed by atoms with Gasteiger partial charge in [0.25, 0.3) is 0 Å². The SMILES string of the molecule is Nc1ncc2nc3c4ccccc4c(=O)cc-3oc2n1. The number of benzene rings is 2. The molecule has 6 heteroatoms. The molecular weight excluding hydrogens is 256 g/mol. The maximum atomic E-state index is 12.1. The fourth-order valence-electron chi connectivity index (χ4n) is 2.24. The number of fused-ring (bicyclic) bond motifs is 4. The van der Waals surface area contributed by atoms with Gasteiger partial charge in [-0.05, 0) is 0 Å². The smallest absolute Gasteiger partial charge is 0.250 e. The Kier molecular flexibility index (Phi) is 2.03. The highest BCUT2D eigenvalue weighted by Gasteiger charge is 2.15. The van der Waals surface area contributed by atoms with Crippen molar-refractivity contribution in [3.63, 3.8) is 0 Å². The molecule has 1 aliphatic heterocycles. The molecule has 4 rings (SSSR count). The molecule has 0 saturated carbocycles. The first-order chi connectivity index (χ1) is 9.72. The molecule has 96 valence electrons. The lowest BCUT2D eigenvalue weighted by molar-refractivity contribution is 0.600. The van der Waals surface area contributed by atoms with E-state index < -0.39 is 0 Å². The van der Waals surface area contributed by atoms with Crippen molar-refractivity contribution in [3.05, 3.63) is 46.8 Å². The van der Waals surface area contributed by atoms with E-state index in [0.29, 0.717) is 22.4 Å². The van der Waals surface area contributed by atoms with Gasteiger partial charge in [0.15, 0.2) is 11.2 Å². The van der Waals surface area contributed by atoms with E-state index >= 15 is 0 Å². The zero-order valence-electron chi connectivity index (χ0n) is 10.2. The van der Waals surface area contributed by atoms with Gasteiger partial charge < -0.3 is 10.2 Å². The van der Waals surface area contributed by atoms with E-state index in [9.17, 15) is 4.79 Å². The minimum Gasteiger partial charge on any atom is -0.434 e. The molecule has 1 aliphatic carbocycles. The van der Waals surface area contributed by atoms with Gasteiger partial charge in [-0.25, -0.2) is 9.97 Å². The normalized spacial score (nSPS) is 11.4. The van der Waals surface area contributed by atoms with Crippen LogP contribution in [0.15, 0.2) is 45.7 Å². The van der Waals surface area contributed by atoms with Crippen LogP contribution < -0.4 is 11.2 Å². The zero-order valence-corrected chi connectivity index (χ0v) is 10.2. The van der Waals surface area contributed by atoms with Crippen LogP contribution in [0.1, 0.15) is 0 Å². The standard InChI is InChI=1S/C14H8N4O2/c15-14-16-6-9-13(18-14)20-11-5-10(19)7-3-1-2-4-8(7)12(11)17-9/h1-6H,(H2,15,16,18). The summed E-state index contributed by atoms with van der Waals surface area (Å²) in [5, 5.41) is 1.36. The maximum absolute atomic E-state index is 12.1. The Morgan fingerprint density at radius 2 is 1.90 bits per heavy atom. The van der Waals surface area contributed by atoms with Crippen molar-refractivity contribution in [1.29, 1.82) is 0 Å².